The zero-order valence-electron chi connectivity index (χ0n) is 11.5. The predicted octanol–water partition coefficient (Wildman–Crippen LogP) is 2.12. The third-order valence-corrected chi connectivity index (χ3v) is 3.37. The minimum atomic E-state index is -3.16. The number of aromatic nitrogens is 2. The summed E-state index contributed by atoms with van der Waals surface area (Å²) in [7, 11) is -3.16. The van der Waals surface area contributed by atoms with Gasteiger partial charge in [0.05, 0.1) is 5.69 Å². The Labute approximate surface area is 119 Å². The van der Waals surface area contributed by atoms with Crippen LogP contribution >= 0.6 is 0 Å². The van der Waals surface area contributed by atoms with Crippen LogP contribution in [0.3, 0.4) is 0 Å². The summed E-state index contributed by atoms with van der Waals surface area (Å²) in [5.74, 6) is 0.788. The average Bonchev–Trinajstić information content (AvgIpc) is 2.38. The quantitative estimate of drug-likeness (QED) is 0.913. The fourth-order valence-electron chi connectivity index (χ4n) is 1.82. The number of benzene rings is 1. The van der Waals surface area contributed by atoms with Gasteiger partial charge >= 0.3 is 0 Å². The molecule has 6 heteroatoms. The molecular formula is C14H17N3O2S. The molecular weight excluding hydrogens is 274 g/mol. The second-order valence-electron chi connectivity index (χ2n) is 4.52. The molecule has 1 N–H and O–H groups in total. The second-order valence-corrected chi connectivity index (χ2v) is 6.66. The van der Waals surface area contributed by atoms with E-state index in [1.807, 2.05) is 43.3 Å². The summed E-state index contributed by atoms with van der Waals surface area (Å²) < 4.78 is 22.8. The van der Waals surface area contributed by atoms with Crippen LogP contribution in [0.2, 0.25) is 0 Å². The maximum Gasteiger partial charge on any atom is 0.154 e. The number of nitrogens with zero attached hydrogens (tertiary/aromatic N) is 2. The molecule has 0 unspecified atom stereocenters. The molecule has 2 aromatic rings. The third kappa shape index (κ3) is 4.03. The summed E-state index contributed by atoms with van der Waals surface area (Å²) >= 11 is 0. The first-order chi connectivity index (χ1) is 9.48. The van der Waals surface area contributed by atoms with Crippen LogP contribution in [0.15, 0.2) is 36.4 Å². The van der Waals surface area contributed by atoms with E-state index in [2.05, 4.69) is 15.3 Å². The Balaban J connectivity index is 2.46. The van der Waals surface area contributed by atoms with Crippen LogP contribution in [0, 0.1) is 0 Å². The molecule has 20 heavy (non-hydrogen) atoms. The Kier molecular flexibility index (Phi) is 4.34. The molecule has 106 valence electrons. The van der Waals surface area contributed by atoms with Gasteiger partial charge in [-0.1, -0.05) is 30.3 Å². The zero-order chi connectivity index (χ0) is 14.6. The zero-order valence-corrected chi connectivity index (χ0v) is 12.3. The highest BCUT2D eigenvalue weighted by Crippen LogP contribution is 2.20. The SMILES string of the molecule is CCNc1cc(-c2ccccc2)nc(CS(C)(=O)=O)n1. The van der Waals surface area contributed by atoms with Gasteiger partial charge in [-0.2, -0.15) is 0 Å². The fourth-order valence-corrected chi connectivity index (χ4v) is 2.42. The van der Waals surface area contributed by atoms with Crippen molar-refractivity contribution in [2.45, 2.75) is 12.7 Å². The molecule has 2 rings (SSSR count). The molecule has 0 atom stereocenters. The lowest BCUT2D eigenvalue weighted by Gasteiger charge is -2.08. The van der Waals surface area contributed by atoms with Crippen molar-refractivity contribution < 1.29 is 8.42 Å². The van der Waals surface area contributed by atoms with Crippen LogP contribution < -0.4 is 5.32 Å². The third-order valence-electron chi connectivity index (χ3n) is 2.59. The molecule has 0 fully saturated rings. The van der Waals surface area contributed by atoms with Crippen LogP contribution in [0.5, 0.6) is 0 Å². The molecule has 0 radical (unpaired) electrons. The van der Waals surface area contributed by atoms with Crippen molar-refractivity contribution in [3.63, 3.8) is 0 Å². The first kappa shape index (κ1) is 14.5. The smallest absolute Gasteiger partial charge is 0.154 e. The van der Waals surface area contributed by atoms with Crippen molar-refractivity contribution in [2.24, 2.45) is 0 Å². The van der Waals surface area contributed by atoms with E-state index >= 15 is 0 Å². The summed E-state index contributed by atoms with van der Waals surface area (Å²) in [6, 6.07) is 11.4. The van der Waals surface area contributed by atoms with Crippen LogP contribution in [0.1, 0.15) is 12.7 Å². The highest BCUT2D eigenvalue weighted by Gasteiger charge is 2.11. The van der Waals surface area contributed by atoms with E-state index in [-0.39, 0.29) is 5.75 Å². The van der Waals surface area contributed by atoms with E-state index in [0.717, 1.165) is 11.3 Å². The summed E-state index contributed by atoms with van der Waals surface area (Å²) in [6.07, 6.45) is 1.18. The Bertz CT molecular complexity index is 685. The van der Waals surface area contributed by atoms with Gasteiger partial charge in [-0.25, -0.2) is 18.4 Å². The van der Waals surface area contributed by atoms with Gasteiger partial charge in [0.2, 0.25) is 0 Å². The van der Waals surface area contributed by atoms with Gasteiger partial charge in [0, 0.05) is 24.4 Å². The average molecular weight is 291 g/mol. The number of nitrogens with one attached hydrogen (secondary N) is 1. The van der Waals surface area contributed by atoms with Gasteiger partial charge in [0.25, 0.3) is 0 Å². The van der Waals surface area contributed by atoms with Gasteiger partial charge in [0.1, 0.15) is 17.4 Å². The Morgan fingerprint density at radius 2 is 1.85 bits per heavy atom. The largest absolute Gasteiger partial charge is 0.370 e. The van der Waals surface area contributed by atoms with Crippen LogP contribution in [0.25, 0.3) is 11.3 Å². The summed E-state index contributed by atoms with van der Waals surface area (Å²) in [6.45, 7) is 2.67. The normalized spacial score (nSPS) is 11.3. The Morgan fingerprint density at radius 1 is 1.15 bits per heavy atom. The van der Waals surface area contributed by atoms with Gasteiger partial charge in [-0.3, -0.25) is 0 Å². The fraction of sp³-hybridized carbons (Fsp3) is 0.286. The number of sulfone groups is 1. The number of hydrogen-bond acceptors (Lipinski definition) is 5. The Morgan fingerprint density at radius 3 is 2.45 bits per heavy atom. The summed E-state index contributed by atoms with van der Waals surface area (Å²) in [5.41, 5.74) is 1.65. The molecule has 5 nitrogen and oxygen atoms in total. The van der Waals surface area contributed by atoms with Gasteiger partial charge in [-0.05, 0) is 6.92 Å². The molecule has 1 aromatic heterocycles. The first-order valence-corrected chi connectivity index (χ1v) is 8.39. The lowest BCUT2D eigenvalue weighted by molar-refractivity contribution is 0.599. The van der Waals surface area contributed by atoms with Crippen LogP contribution in [-0.4, -0.2) is 31.2 Å². The first-order valence-electron chi connectivity index (χ1n) is 6.33. The minimum Gasteiger partial charge on any atom is -0.370 e. The van der Waals surface area contributed by atoms with Crippen LogP contribution in [0.4, 0.5) is 5.82 Å². The van der Waals surface area contributed by atoms with E-state index in [1.54, 1.807) is 0 Å². The van der Waals surface area contributed by atoms with E-state index < -0.39 is 9.84 Å². The molecule has 0 spiro atoms. The van der Waals surface area contributed by atoms with Crippen molar-refractivity contribution >= 4 is 15.7 Å². The lowest BCUT2D eigenvalue weighted by atomic mass is 10.1. The highest BCUT2D eigenvalue weighted by molar-refractivity contribution is 7.89. The van der Waals surface area contributed by atoms with Gasteiger partial charge in [-0.15, -0.1) is 0 Å². The molecule has 1 aromatic carbocycles. The molecule has 0 saturated carbocycles. The topological polar surface area (TPSA) is 72.0 Å². The van der Waals surface area contributed by atoms with E-state index in [1.165, 1.54) is 6.26 Å². The van der Waals surface area contributed by atoms with E-state index in [0.29, 0.717) is 18.2 Å². The van der Waals surface area contributed by atoms with Crippen molar-refractivity contribution in [3.8, 4) is 11.3 Å². The maximum atomic E-state index is 11.4. The van der Waals surface area contributed by atoms with Gasteiger partial charge < -0.3 is 5.32 Å². The molecule has 0 amide bonds. The predicted molar refractivity (Wildman–Crippen MR) is 80.2 cm³/mol. The molecule has 0 aliphatic carbocycles. The second kappa shape index (κ2) is 6.00. The lowest BCUT2D eigenvalue weighted by Crippen LogP contribution is -2.09. The van der Waals surface area contributed by atoms with E-state index in [4.69, 9.17) is 0 Å². The summed E-state index contributed by atoms with van der Waals surface area (Å²) in [5, 5.41) is 3.10. The number of hydrogen-bond donors (Lipinski definition) is 1. The molecule has 0 aliphatic rings. The van der Waals surface area contributed by atoms with Gasteiger partial charge in [0.15, 0.2) is 9.84 Å². The minimum absolute atomic E-state index is 0.161. The molecule has 0 aliphatic heterocycles. The van der Waals surface area contributed by atoms with Crippen LogP contribution in [-0.2, 0) is 15.6 Å². The summed E-state index contributed by atoms with van der Waals surface area (Å²) in [4.78, 5) is 8.57. The van der Waals surface area contributed by atoms with Crippen molar-refractivity contribution in [1.29, 1.82) is 0 Å². The molecule has 0 saturated heterocycles. The van der Waals surface area contributed by atoms with E-state index in [9.17, 15) is 8.42 Å². The number of rotatable bonds is 5. The van der Waals surface area contributed by atoms with Crippen molar-refractivity contribution in [1.82, 2.24) is 9.97 Å². The highest BCUT2D eigenvalue weighted by atomic mass is 32.2. The standard InChI is InChI=1S/C14H17N3O2S/c1-3-15-13-9-12(11-7-5-4-6-8-11)16-14(17-13)10-20(2,18)19/h4-9H,3,10H2,1-2H3,(H,15,16,17). The monoisotopic (exact) mass is 291 g/mol. The molecule has 0 bridgehead atoms. The Hall–Kier alpha value is -1.95. The maximum absolute atomic E-state index is 11.4. The molecule has 1 heterocycles. The van der Waals surface area contributed by atoms with Crippen molar-refractivity contribution in [2.75, 3.05) is 18.1 Å². The van der Waals surface area contributed by atoms with Crippen molar-refractivity contribution in [3.05, 3.63) is 42.2 Å². The number of anilines is 1.